The van der Waals surface area contributed by atoms with Crippen LogP contribution in [0, 0.1) is 11.8 Å². The smallest absolute Gasteiger partial charge is 0.222 e. The normalized spacial score (nSPS) is 23.9. The largest absolute Gasteiger partial charge is 0.394 e. The fraction of sp³-hybridized carbons (Fsp3) is 0.650. The van der Waals surface area contributed by atoms with E-state index in [2.05, 4.69) is 43.1 Å². The molecule has 1 aliphatic heterocycles. The Balaban J connectivity index is 1.96. The Morgan fingerprint density at radius 3 is 2.58 bits per heavy atom. The van der Waals surface area contributed by atoms with Crippen LogP contribution in [0.1, 0.15) is 32.3 Å². The number of benzene rings is 1. The number of hydrogen-bond acceptors (Lipinski definition) is 3. The Kier molecular flexibility index (Phi) is 7.25. The first kappa shape index (κ1) is 18.9. The van der Waals surface area contributed by atoms with Crippen LogP contribution in [0.4, 0.5) is 0 Å². The number of carbonyl (C=O) groups is 1. The highest BCUT2D eigenvalue weighted by Crippen LogP contribution is 2.33. The highest BCUT2D eigenvalue weighted by atomic mass is 16.3. The fourth-order valence-electron chi connectivity index (χ4n) is 3.91. The molecule has 1 heterocycles. The van der Waals surface area contributed by atoms with E-state index < -0.39 is 0 Å². The molecule has 4 heteroatoms. The van der Waals surface area contributed by atoms with Crippen LogP contribution in [-0.2, 0) is 11.2 Å². The Bertz CT molecular complexity index is 506. The van der Waals surface area contributed by atoms with Gasteiger partial charge in [0.1, 0.15) is 0 Å². The van der Waals surface area contributed by atoms with Gasteiger partial charge in [0, 0.05) is 26.1 Å². The maximum atomic E-state index is 12.2. The van der Waals surface area contributed by atoms with Crippen molar-refractivity contribution >= 4 is 5.91 Å². The van der Waals surface area contributed by atoms with Gasteiger partial charge in [-0.15, -0.1) is 0 Å². The van der Waals surface area contributed by atoms with Crippen molar-refractivity contribution in [1.29, 1.82) is 0 Å². The van der Waals surface area contributed by atoms with Gasteiger partial charge in [0.2, 0.25) is 5.91 Å². The molecule has 0 aromatic heterocycles. The molecule has 1 aromatic rings. The molecule has 1 fully saturated rings. The lowest BCUT2D eigenvalue weighted by Crippen LogP contribution is -2.43. The number of nitrogens with zero attached hydrogens (tertiary/aromatic N) is 2. The molecule has 0 bridgehead atoms. The van der Waals surface area contributed by atoms with Crippen molar-refractivity contribution in [2.24, 2.45) is 11.8 Å². The minimum atomic E-state index is -0.0263. The molecule has 0 radical (unpaired) electrons. The molecule has 24 heavy (non-hydrogen) atoms. The number of likely N-dealkylation sites (tertiary alicyclic amines) is 1. The summed E-state index contributed by atoms with van der Waals surface area (Å²) in [6, 6.07) is 10.5. The summed E-state index contributed by atoms with van der Waals surface area (Å²) in [4.78, 5) is 16.5. The van der Waals surface area contributed by atoms with E-state index >= 15 is 0 Å². The van der Waals surface area contributed by atoms with Crippen LogP contribution in [0.2, 0.25) is 0 Å². The number of aliphatic hydroxyl groups excluding tert-OH is 1. The van der Waals surface area contributed by atoms with Crippen LogP contribution in [0.5, 0.6) is 0 Å². The van der Waals surface area contributed by atoms with Gasteiger partial charge in [0.25, 0.3) is 0 Å². The first-order valence-electron chi connectivity index (χ1n) is 9.23. The number of rotatable bonds is 8. The molecule has 1 N–H and O–H groups in total. The van der Waals surface area contributed by atoms with Crippen molar-refractivity contribution in [3.8, 4) is 0 Å². The molecular formula is C20H32N2O2. The Morgan fingerprint density at radius 2 is 2.00 bits per heavy atom. The van der Waals surface area contributed by atoms with Gasteiger partial charge in [0.05, 0.1) is 12.6 Å². The standard InChI is InChI=1S/C20H32N2O2/c1-4-17-13-22(20(24)5-2)19(15-23)18(17)14-21(3)12-11-16-9-7-6-8-10-16/h6-10,17-19,23H,4-5,11-15H2,1-3H3/t17-,18-,19-/m1/s1. The van der Waals surface area contributed by atoms with E-state index in [1.54, 1.807) is 0 Å². The fourth-order valence-corrected chi connectivity index (χ4v) is 3.91. The number of carbonyl (C=O) groups excluding carboxylic acids is 1. The van der Waals surface area contributed by atoms with Gasteiger partial charge < -0.3 is 14.9 Å². The highest BCUT2D eigenvalue weighted by molar-refractivity contribution is 5.76. The lowest BCUT2D eigenvalue weighted by molar-refractivity contribution is -0.132. The summed E-state index contributed by atoms with van der Waals surface area (Å²) in [5.74, 6) is 1.01. The van der Waals surface area contributed by atoms with E-state index in [9.17, 15) is 9.90 Å². The van der Waals surface area contributed by atoms with E-state index in [0.717, 1.165) is 32.5 Å². The maximum Gasteiger partial charge on any atom is 0.222 e. The van der Waals surface area contributed by atoms with Gasteiger partial charge in [0.15, 0.2) is 0 Å². The lowest BCUT2D eigenvalue weighted by Gasteiger charge is -2.30. The van der Waals surface area contributed by atoms with Crippen LogP contribution in [0.15, 0.2) is 30.3 Å². The van der Waals surface area contributed by atoms with E-state index in [4.69, 9.17) is 0 Å². The maximum absolute atomic E-state index is 12.2. The predicted octanol–water partition coefficient (Wildman–Crippen LogP) is 2.42. The van der Waals surface area contributed by atoms with Crippen LogP contribution >= 0.6 is 0 Å². The topological polar surface area (TPSA) is 43.8 Å². The number of amides is 1. The molecule has 134 valence electrons. The van der Waals surface area contributed by atoms with Crippen LogP contribution < -0.4 is 0 Å². The zero-order chi connectivity index (χ0) is 17.5. The van der Waals surface area contributed by atoms with Gasteiger partial charge >= 0.3 is 0 Å². The summed E-state index contributed by atoms with van der Waals surface area (Å²) in [5, 5.41) is 9.87. The molecule has 0 spiro atoms. The third kappa shape index (κ3) is 4.58. The molecule has 1 aromatic carbocycles. The second kappa shape index (κ2) is 9.19. The van der Waals surface area contributed by atoms with Crippen molar-refractivity contribution in [2.75, 3.05) is 33.3 Å². The third-order valence-electron chi connectivity index (χ3n) is 5.41. The Labute approximate surface area is 146 Å². The molecule has 0 aliphatic carbocycles. The van der Waals surface area contributed by atoms with Crippen LogP contribution in [0.3, 0.4) is 0 Å². The van der Waals surface area contributed by atoms with Crippen molar-refractivity contribution < 1.29 is 9.90 Å². The zero-order valence-corrected chi connectivity index (χ0v) is 15.3. The molecule has 4 nitrogen and oxygen atoms in total. The van der Waals surface area contributed by atoms with Crippen LogP contribution in [-0.4, -0.2) is 60.1 Å². The molecule has 2 rings (SSSR count). The van der Waals surface area contributed by atoms with Crippen molar-refractivity contribution in [3.05, 3.63) is 35.9 Å². The number of hydrogen-bond donors (Lipinski definition) is 1. The summed E-state index contributed by atoms with van der Waals surface area (Å²) in [5.41, 5.74) is 1.35. The Morgan fingerprint density at radius 1 is 1.29 bits per heavy atom. The predicted molar refractivity (Wildman–Crippen MR) is 97.8 cm³/mol. The quantitative estimate of drug-likeness (QED) is 0.795. The van der Waals surface area contributed by atoms with E-state index in [1.807, 2.05) is 17.9 Å². The minimum absolute atomic E-state index is 0.0263. The van der Waals surface area contributed by atoms with Crippen molar-refractivity contribution in [1.82, 2.24) is 9.80 Å². The number of aliphatic hydroxyl groups is 1. The monoisotopic (exact) mass is 332 g/mol. The SMILES string of the molecule is CCC(=O)N1C[C@@H](CC)[C@@H](CN(C)CCc2ccccc2)[C@H]1CO. The average Bonchev–Trinajstić information content (AvgIpc) is 2.97. The highest BCUT2D eigenvalue weighted by Gasteiger charge is 2.42. The molecule has 1 aliphatic rings. The van der Waals surface area contributed by atoms with E-state index in [-0.39, 0.29) is 18.6 Å². The number of likely N-dealkylation sites (N-methyl/N-ethyl adjacent to an activating group) is 1. The summed E-state index contributed by atoms with van der Waals surface area (Å²) in [6.45, 7) is 6.89. The van der Waals surface area contributed by atoms with Gasteiger partial charge in [-0.1, -0.05) is 50.6 Å². The van der Waals surface area contributed by atoms with Crippen LogP contribution in [0.25, 0.3) is 0 Å². The summed E-state index contributed by atoms with van der Waals surface area (Å²) < 4.78 is 0. The van der Waals surface area contributed by atoms with E-state index in [1.165, 1.54) is 5.56 Å². The molecule has 0 saturated carbocycles. The molecule has 0 unspecified atom stereocenters. The first-order valence-corrected chi connectivity index (χ1v) is 9.23. The minimum Gasteiger partial charge on any atom is -0.394 e. The first-order chi connectivity index (χ1) is 11.6. The second-order valence-corrected chi connectivity index (χ2v) is 6.98. The zero-order valence-electron chi connectivity index (χ0n) is 15.3. The van der Waals surface area contributed by atoms with E-state index in [0.29, 0.717) is 18.3 Å². The van der Waals surface area contributed by atoms with Gasteiger partial charge in [-0.2, -0.15) is 0 Å². The summed E-state index contributed by atoms with van der Waals surface area (Å²) in [7, 11) is 2.15. The molecule has 1 amide bonds. The van der Waals surface area contributed by atoms with Crippen molar-refractivity contribution in [2.45, 2.75) is 39.2 Å². The summed E-state index contributed by atoms with van der Waals surface area (Å²) in [6.07, 6.45) is 2.60. The van der Waals surface area contributed by atoms with Gasteiger partial charge in [-0.3, -0.25) is 4.79 Å². The van der Waals surface area contributed by atoms with Gasteiger partial charge in [-0.25, -0.2) is 0 Å². The summed E-state index contributed by atoms with van der Waals surface area (Å²) >= 11 is 0. The molecule has 3 atom stereocenters. The van der Waals surface area contributed by atoms with Crippen molar-refractivity contribution in [3.63, 3.8) is 0 Å². The van der Waals surface area contributed by atoms with Gasteiger partial charge in [-0.05, 0) is 30.9 Å². The third-order valence-corrected chi connectivity index (χ3v) is 5.41. The Hall–Kier alpha value is -1.39. The second-order valence-electron chi connectivity index (χ2n) is 6.98. The lowest BCUT2D eigenvalue weighted by atomic mass is 9.88. The molecular weight excluding hydrogens is 300 g/mol. The average molecular weight is 332 g/mol. The molecule has 1 saturated heterocycles.